The molecule has 0 heterocycles. The van der Waals surface area contributed by atoms with Crippen molar-refractivity contribution in [2.75, 3.05) is 0 Å². The maximum absolute atomic E-state index is 9.65. The molecule has 1 rings (SSSR count). The van der Waals surface area contributed by atoms with Crippen LogP contribution in [0.25, 0.3) is 0 Å². The normalized spacial score (nSPS) is 36.3. The first-order valence-electron chi connectivity index (χ1n) is 5.26. The highest BCUT2D eigenvalue weighted by Gasteiger charge is 2.23. The summed E-state index contributed by atoms with van der Waals surface area (Å²) in [6, 6.07) is 0. The molecule has 0 aromatic carbocycles. The monoisotopic (exact) mass is 183 g/mol. The van der Waals surface area contributed by atoms with Crippen molar-refractivity contribution in [1.29, 1.82) is 0 Å². The van der Waals surface area contributed by atoms with Crippen LogP contribution in [0.5, 0.6) is 0 Å². The van der Waals surface area contributed by atoms with Gasteiger partial charge in [-0.2, -0.15) is 0 Å². The van der Waals surface area contributed by atoms with E-state index in [9.17, 15) is 5.11 Å². The largest absolute Gasteiger partial charge is 0.376 e. The Labute approximate surface area is 80.8 Å². The van der Waals surface area contributed by atoms with Crippen molar-refractivity contribution in [3.8, 4) is 0 Å². The van der Waals surface area contributed by atoms with E-state index in [2.05, 4.69) is 6.58 Å². The van der Waals surface area contributed by atoms with Gasteiger partial charge in [-0.05, 0) is 50.9 Å². The van der Waals surface area contributed by atoms with Gasteiger partial charge in [0.1, 0.15) is 5.72 Å². The molecule has 13 heavy (non-hydrogen) atoms. The van der Waals surface area contributed by atoms with Gasteiger partial charge in [0, 0.05) is 0 Å². The minimum atomic E-state index is -0.890. The van der Waals surface area contributed by atoms with Crippen molar-refractivity contribution in [1.82, 2.24) is 0 Å². The Balaban J connectivity index is 2.34. The van der Waals surface area contributed by atoms with Gasteiger partial charge < -0.3 is 10.8 Å². The molecule has 0 saturated heterocycles. The highest BCUT2D eigenvalue weighted by atomic mass is 16.3. The van der Waals surface area contributed by atoms with Crippen LogP contribution in [0.3, 0.4) is 0 Å². The van der Waals surface area contributed by atoms with E-state index < -0.39 is 5.72 Å². The smallest absolute Gasteiger partial charge is 0.113 e. The summed E-state index contributed by atoms with van der Waals surface area (Å²) in [6.07, 6.45) is 9.08. The molecule has 1 aliphatic rings. The maximum Gasteiger partial charge on any atom is 0.113 e. The molecule has 2 heteroatoms. The van der Waals surface area contributed by atoms with E-state index in [0.29, 0.717) is 0 Å². The van der Waals surface area contributed by atoms with Crippen LogP contribution < -0.4 is 5.73 Å². The van der Waals surface area contributed by atoms with Crippen LogP contribution in [0.15, 0.2) is 12.7 Å². The standard InChI is InChI=1S/C11H21NO/c1-2-5-10-6-3-8-11(12,13)9-4-7-10/h2,10,13H,1,3-9,12H2. The fourth-order valence-corrected chi connectivity index (χ4v) is 2.13. The molecule has 0 spiro atoms. The van der Waals surface area contributed by atoms with Crippen molar-refractivity contribution in [3.63, 3.8) is 0 Å². The summed E-state index contributed by atoms with van der Waals surface area (Å²) in [7, 11) is 0. The van der Waals surface area contributed by atoms with Crippen LogP contribution in [-0.2, 0) is 0 Å². The number of aliphatic hydroxyl groups is 1. The van der Waals surface area contributed by atoms with E-state index in [-0.39, 0.29) is 0 Å². The zero-order valence-electron chi connectivity index (χ0n) is 8.34. The zero-order chi connectivity index (χ0) is 9.73. The summed E-state index contributed by atoms with van der Waals surface area (Å²) < 4.78 is 0. The maximum atomic E-state index is 9.65. The Kier molecular flexibility index (Phi) is 3.94. The number of hydrogen-bond acceptors (Lipinski definition) is 2. The molecule has 0 amide bonds. The van der Waals surface area contributed by atoms with Gasteiger partial charge in [-0.1, -0.05) is 6.08 Å². The van der Waals surface area contributed by atoms with E-state index in [1.165, 1.54) is 12.8 Å². The topological polar surface area (TPSA) is 46.2 Å². The predicted molar refractivity (Wildman–Crippen MR) is 55.1 cm³/mol. The van der Waals surface area contributed by atoms with Crippen molar-refractivity contribution in [3.05, 3.63) is 12.7 Å². The van der Waals surface area contributed by atoms with Crippen molar-refractivity contribution >= 4 is 0 Å². The molecule has 0 aromatic heterocycles. The number of rotatable bonds is 2. The lowest BCUT2D eigenvalue weighted by molar-refractivity contribution is 0.0166. The SMILES string of the molecule is C=CCC1CCCC(N)(O)CCC1. The van der Waals surface area contributed by atoms with Gasteiger partial charge in [0.2, 0.25) is 0 Å². The van der Waals surface area contributed by atoms with Crippen LogP contribution >= 0.6 is 0 Å². The highest BCUT2D eigenvalue weighted by Crippen LogP contribution is 2.27. The second kappa shape index (κ2) is 4.77. The Morgan fingerprint density at radius 1 is 1.38 bits per heavy atom. The van der Waals surface area contributed by atoms with Gasteiger partial charge in [-0.3, -0.25) is 0 Å². The molecule has 0 unspecified atom stereocenters. The molecule has 0 bridgehead atoms. The predicted octanol–water partition coefficient (Wildman–Crippen LogP) is 2.18. The zero-order valence-corrected chi connectivity index (χ0v) is 8.34. The molecule has 76 valence electrons. The van der Waals surface area contributed by atoms with Gasteiger partial charge >= 0.3 is 0 Å². The summed E-state index contributed by atoms with van der Waals surface area (Å²) in [4.78, 5) is 0. The van der Waals surface area contributed by atoms with Gasteiger partial charge in [0.15, 0.2) is 0 Å². The van der Waals surface area contributed by atoms with E-state index in [1.807, 2.05) is 6.08 Å². The van der Waals surface area contributed by atoms with Crippen LogP contribution in [0.2, 0.25) is 0 Å². The summed E-state index contributed by atoms with van der Waals surface area (Å²) in [6.45, 7) is 3.76. The van der Waals surface area contributed by atoms with E-state index >= 15 is 0 Å². The van der Waals surface area contributed by atoms with Gasteiger partial charge in [-0.15, -0.1) is 6.58 Å². The Hall–Kier alpha value is -0.340. The molecule has 0 atom stereocenters. The van der Waals surface area contributed by atoms with E-state index in [1.54, 1.807) is 0 Å². The quantitative estimate of drug-likeness (QED) is 0.509. The summed E-state index contributed by atoms with van der Waals surface area (Å²) in [5.74, 6) is 0.772. The third-order valence-corrected chi connectivity index (χ3v) is 2.94. The Morgan fingerprint density at radius 3 is 2.38 bits per heavy atom. The molecule has 0 radical (unpaired) electrons. The summed E-state index contributed by atoms with van der Waals surface area (Å²) in [5, 5.41) is 9.65. The lowest BCUT2D eigenvalue weighted by Gasteiger charge is -2.28. The lowest BCUT2D eigenvalue weighted by atomic mass is 9.86. The van der Waals surface area contributed by atoms with Crippen molar-refractivity contribution < 1.29 is 5.11 Å². The Bertz CT molecular complexity index is 153. The summed E-state index contributed by atoms with van der Waals surface area (Å²) in [5.41, 5.74) is 4.81. The third-order valence-electron chi connectivity index (χ3n) is 2.94. The minimum Gasteiger partial charge on any atom is -0.376 e. The molecule has 1 aliphatic carbocycles. The number of hydrogen-bond donors (Lipinski definition) is 2. The van der Waals surface area contributed by atoms with Crippen LogP contribution in [0, 0.1) is 5.92 Å². The van der Waals surface area contributed by atoms with Crippen LogP contribution in [0.4, 0.5) is 0 Å². The fraction of sp³-hybridized carbons (Fsp3) is 0.818. The van der Waals surface area contributed by atoms with Crippen LogP contribution in [-0.4, -0.2) is 10.8 Å². The lowest BCUT2D eigenvalue weighted by Crippen LogP contribution is -2.40. The van der Waals surface area contributed by atoms with Gasteiger partial charge in [0.05, 0.1) is 0 Å². The molecule has 1 saturated carbocycles. The van der Waals surface area contributed by atoms with E-state index in [0.717, 1.165) is 38.0 Å². The molecule has 0 aliphatic heterocycles. The van der Waals surface area contributed by atoms with Crippen molar-refractivity contribution in [2.45, 2.75) is 50.7 Å². The van der Waals surface area contributed by atoms with Crippen LogP contribution in [0.1, 0.15) is 44.9 Å². The second-order valence-corrected chi connectivity index (χ2v) is 4.28. The minimum absolute atomic E-state index is 0.751. The first kappa shape index (κ1) is 10.7. The fourth-order valence-electron chi connectivity index (χ4n) is 2.13. The summed E-state index contributed by atoms with van der Waals surface area (Å²) >= 11 is 0. The number of allylic oxidation sites excluding steroid dienone is 1. The molecular formula is C11H21NO. The van der Waals surface area contributed by atoms with Gasteiger partial charge in [0.25, 0.3) is 0 Å². The van der Waals surface area contributed by atoms with Crippen molar-refractivity contribution in [2.24, 2.45) is 11.7 Å². The Morgan fingerprint density at radius 2 is 1.92 bits per heavy atom. The molecular weight excluding hydrogens is 162 g/mol. The molecule has 1 fully saturated rings. The molecule has 3 N–H and O–H groups in total. The molecule has 0 aromatic rings. The van der Waals surface area contributed by atoms with E-state index in [4.69, 9.17) is 5.73 Å². The first-order valence-corrected chi connectivity index (χ1v) is 5.26. The average Bonchev–Trinajstić information content (AvgIpc) is 2.01. The number of nitrogens with two attached hydrogens (primary N) is 1. The third kappa shape index (κ3) is 3.92. The first-order chi connectivity index (χ1) is 6.14. The highest BCUT2D eigenvalue weighted by molar-refractivity contribution is 4.79. The van der Waals surface area contributed by atoms with Gasteiger partial charge in [-0.25, -0.2) is 0 Å². The molecule has 2 nitrogen and oxygen atoms in total. The second-order valence-electron chi connectivity index (χ2n) is 4.28. The average molecular weight is 183 g/mol.